The van der Waals surface area contributed by atoms with Gasteiger partial charge in [0.2, 0.25) is 23.6 Å². The second-order valence-electron chi connectivity index (χ2n) is 23.3. The third kappa shape index (κ3) is 15.9. The van der Waals surface area contributed by atoms with Crippen LogP contribution in [0, 0.1) is 30.1 Å². The first-order valence-corrected chi connectivity index (χ1v) is 32.6. The van der Waals surface area contributed by atoms with Gasteiger partial charge < -0.3 is 58.6 Å². The van der Waals surface area contributed by atoms with Gasteiger partial charge in [-0.2, -0.15) is 0 Å². The van der Waals surface area contributed by atoms with Gasteiger partial charge >= 0.3 is 11.9 Å². The van der Waals surface area contributed by atoms with Crippen molar-refractivity contribution in [2.24, 2.45) is 49.9 Å². The van der Waals surface area contributed by atoms with Crippen LogP contribution in [0.15, 0.2) is 115 Å². The molecule has 7 atom stereocenters. The number of aromatic amines is 2. The van der Waals surface area contributed by atoms with Crippen LogP contribution in [0.25, 0.3) is 23.1 Å². The summed E-state index contributed by atoms with van der Waals surface area (Å²) in [5, 5.41) is 40.9. The highest BCUT2D eigenvalue weighted by atomic mass is 33.1. The minimum Gasteiger partial charge on any atom is -0.480 e. The number of hydrogen-bond acceptors (Lipinski definition) is 13. The molecule has 22 nitrogen and oxygen atoms in total. The van der Waals surface area contributed by atoms with Crippen molar-refractivity contribution in [1.29, 1.82) is 5.41 Å². The summed E-state index contributed by atoms with van der Waals surface area (Å²) in [5.41, 5.74) is 29.7. The monoisotopic (exact) mass is 1250 g/mol. The lowest BCUT2D eigenvalue weighted by Crippen LogP contribution is -2.57. The number of Topliss-reactive ketones (excluding diaryl/α,β-unsaturated/α-hetero) is 1. The smallest absolute Gasteiger partial charge is 0.338 e. The van der Waals surface area contributed by atoms with Crippen molar-refractivity contribution in [2.75, 3.05) is 18.1 Å². The molecule has 2 aromatic heterocycles. The third-order valence-corrected chi connectivity index (χ3v) is 19.8. The van der Waals surface area contributed by atoms with E-state index in [-0.39, 0.29) is 98.4 Å². The third-order valence-electron chi connectivity index (χ3n) is 17.3. The molecule has 89 heavy (non-hydrogen) atoms. The summed E-state index contributed by atoms with van der Waals surface area (Å²) >= 11 is 0. The lowest BCUT2D eigenvalue weighted by Gasteiger charge is -2.27. The number of carbonyl (C=O) groups is 7. The van der Waals surface area contributed by atoms with Crippen molar-refractivity contribution in [2.45, 2.75) is 143 Å². The number of aromatic nitrogens is 2. The number of carboxylic acids is 2. The lowest BCUT2D eigenvalue weighted by molar-refractivity contribution is -0.142. The van der Waals surface area contributed by atoms with Crippen LogP contribution in [0.3, 0.4) is 0 Å². The van der Waals surface area contributed by atoms with Crippen molar-refractivity contribution in [3.63, 3.8) is 0 Å². The van der Waals surface area contributed by atoms with Crippen LogP contribution in [-0.4, -0.2) is 127 Å². The number of unbranched alkanes of at least 4 members (excludes halogenated alkanes) is 1. The van der Waals surface area contributed by atoms with Crippen LogP contribution in [0.4, 0.5) is 0 Å². The Balaban J connectivity index is 1.09. The number of carboxylic acid groups (broad SMARTS) is 2. The summed E-state index contributed by atoms with van der Waals surface area (Å²) in [6, 6.07) is 2.20. The molecule has 0 unspecified atom stereocenters. The predicted molar refractivity (Wildman–Crippen MR) is 352 cm³/mol. The summed E-state index contributed by atoms with van der Waals surface area (Å²) in [5.74, 6) is -7.61. The second-order valence-corrected chi connectivity index (χ2v) is 25.9. The number of carbonyl (C=O) groups excluding carboxylic acids is 5. The van der Waals surface area contributed by atoms with Crippen LogP contribution in [0.5, 0.6) is 0 Å². The molecule has 5 aliphatic rings. The van der Waals surface area contributed by atoms with E-state index in [4.69, 9.17) is 32.6 Å². The standard InChI is InChI=1S/C65H81N13O9S2/c1-8-41-32(3)38-23-39(41)25-47-33(4)42(9-2)50(72-47)28-49-35(6)57(64(86)87)59(75-49)36(7)58-43(34(5)48(24-38)74-58)20-21-56(80)73-52-30-88-89-31-53(62(83)77-51(63(84)85)26-40-29-71-45-17-11-10-16-44(40)45)78-61(82)46(18-12-13-19-55(66)67)76-60(81)37(27-54(52)79)15-14-22-70-65(68)69/h8,10-11,16-17,24-25,28-29,34,37,43,46,51-53,71-72H,1,9,12-15,18-23,26-27,30-31H2,2-7H3,(H3,66,67)(H,73,80)(H,76,81)(H,77,83)(H,78,82)(H,84,85)(H,86,87)(H4,68,69,70)/t34-,37+,43-,46-,51-,52-,53-/m0/s1. The highest BCUT2D eigenvalue weighted by molar-refractivity contribution is 8.76. The summed E-state index contributed by atoms with van der Waals surface area (Å²) in [6.45, 7) is 16.1. The number of allylic oxidation sites excluding steroid dienone is 9. The topological polar surface area (TPSA) is 379 Å². The number of amidine groups is 1. The van der Waals surface area contributed by atoms with Crippen LogP contribution >= 0.6 is 21.6 Å². The molecule has 3 aromatic rings. The van der Waals surface area contributed by atoms with E-state index in [0.29, 0.717) is 47.4 Å². The number of fused-ring (bicyclic) bond motifs is 7. The first-order valence-electron chi connectivity index (χ1n) is 30.1. The number of aliphatic imine (C=N–C) groups is 3. The average molecular weight is 1250 g/mol. The fourth-order valence-corrected chi connectivity index (χ4v) is 14.6. The van der Waals surface area contributed by atoms with Gasteiger partial charge in [-0.25, -0.2) is 14.6 Å². The number of rotatable bonds is 21. The maximum atomic E-state index is 14.8. The van der Waals surface area contributed by atoms with Gasteiger partial charge in [0, 0.05) is 101 Å². The molecular formula is C65H81N13O9S2. The minimum absolute atomic E-state index is 0.0276. The number of nitrogens with zero attached hydrogens (tertiary/aromatic N) is 3. The Hall–Kier alpha value is -8.51. The van der Waals surface area contributed by atoms with E-state index in [2.05, 4.69) is 75.7 Å². The first kappa shape index (κ1) is 66.4. The van der Waals surface area contributed by atoms with E-state index in [9.17, 15) is 43.8 Å². The van der Waals surface area contributed by atoms with Gasteiger partial charge in [-0.15, -0.1) is 0 Å². The molecular weight excluding hydrogens is 1170 g/mol. The zero-order valence-electron chi connectivity index (χ0n) is 51.2. The molecule has 472 valence electrons. The highest BCUT2D eigenvalue weighted by Crippen LogP contribution is 2.44. The number of nitrogens with two attached hydrogens (primary N) is 3. The Labute approximate surface area is 525 Å². The fourth-order valence-electron chi connectivity index (χ4n) is 12.3. The molecule has 1 aromatic carbocycles. The van der Waals surface area contributed by atoms with Crippen molar-refractivity contribution in [3.05, 3.63) is 128 Å². The molecule has 4 aliphatic heterocycles. The van der Waals surface area contributed by atoms with Crippen molar-refractivity contribution in [1.82, 2.24) is 31.2 Å². The van der Waals surface area contributed by atoms with Crippen LogP contribution in [-0.2, 0) is 46.4 Å². The number of aliphatic carboxylic acids is 2. The van der Waals surface area contributed by atoms with E-state index in [0.717, 1.165) is 89.4 Å². The van der Waals surface area contributed by atoms with Gasteiger partial charge in [0.05, 0.1) is 28.9 Å². The zero-order chi connectivity index (χ0) is 64.4. The summed E-state index contributed by atoms with van der Waals surface area (Å²) in [6.07, 6.45) is 12.2. The Morgan fingerprint density at radius 3 is 2.35 bits per heavy atom. The number of guanidine groups is 1. The molecule has 0 saturated carbocycles. The molecule has 15 N–H and O–H groups in total. The SMILES string of the molecule is C=CC1=C(C)C2=CC3=NC(=C(C)C4=NC(=Cc5[nH]c(c(C)c5CC)C=C1C2)C(C)=C4C(=O)O)[C@@H](CCC(=O)N[C@H]1CSSC[C@@H](C(=O)N[C@@H](Cc2c[nH]c4ccccc24)C(=O)O)NC(=O)[C@H](CCCCC(=N)N)NC(=O)[C@H](CCCN=C(N)N)CC1=O)[C@@H]3C. The largest absolute Gasteiger partial charge is 0.480 e. The van der Waals surface area contributed by atoms with Crippen LogP contribution in [0.2, 0.25) is 0 Å². The number of hydrogen-bond donors (Lipinski definition) is 12. The Morgan fingerprint density at radius 1 is 0.888 bits per heavy atom. The Morgan fingerprint density at radius 2 is 1.64 bits per heavy atom. The van der Waals surface area contributed by atoms with Crippen molar-refractivity contribution < 1.29 is 43.8 Å². The van der Waals surface area contributed by atoms with Crippen LogP contribution < -0.4 is 38.5 Å². The van der Waals surface area contributed by atoms with Gasteiger partial charge in [0.15, 0.2) is 11.7 Å². The molecule has 4 amide bonds. The van der Waals surface area contributed by atoms with Gasteiger partial charge in [-0.1, -0.05) is 72.7 Å². The molecule has 8 rings (SSSR count). The summed E-state index contributed by atoms with van der Waals surface area (Å²) in [4.78, 5) is 120. The molecule has 0 radical (unpaired) electrons. The van der Waals surface area contributed by atoms with Crippen molar-refractivity contribution in [3.8, 4) is 0 Å². The Bertz CT molecular complexity index is 3660. The number of H-pyrrole nitrogens is 2. The van der Waals surface area contributed by atoms with Crippen LogP contribution in [0.1, 0.15) is 127 Å². The first-order chi connectivity index (χ1) is 42.5. The maximum Gasteiger partial charge on any atom is 0.338 e. The number of amides is 4. The van der Waals surface area contributed by atoms with Gasteiger partial charge in [0.25, 0.3) is 0 Å². The molecule has 0 spiro atoms. The zero-order valence-corrected chi connectivity index (χ0v) is 52.8. The molecule has 24 heteroatoms. The molecule has 1 saturated heterocycles. The van der Waals surface area contributed by atoms with Gasteiger partial charge in [-0.05, 0) is 147 Å². The second kappa shape index (κ2) is 29.7. The van der Waals surface area contributed by atoms with Gasteiger partial charge in [0.1, 0.15) is 18.1 Å². The maximum absolute atomic E-state index is 14.8. The van der Waals surface area contributed by atoms with E-state index in [1.165, 1.54) is 0 Å². The molecule has 6 heterocycles. The quantitative estimate of drug-likeness (QED) is 0.0215. The van der Waals surface area contributed by atoms with E-state index < -0.39 is 77.4 Å². The molecule has 8 bridgehead atoms. The van der Waals surface area contributed by atoms with Gasteiger partial charge in [-0.3, -0.25) is 39.4 Å². The van der Waals surface area contributed by atoms with E-state index >= 15 is 0 Å². The predicted octanol–water partition coefficient (Wildman–Crippen LogP) is 7.34. The summed E-state index contributed by atoms with van der Waals surface area (Å²) in [7, 11) is 2.29. The minimum atomic E-state index is -1.41. The number of para-hydroxylation sites is 1. The average Bonchev–Trinajstić information content (AvgIpc) is 1.69. The Kier molecular flexibility index (Phi) is 22.1. The van der Waals surface area contributed by atoms with E-state index in [1.807, 2.05) is 50.3 Å². The normalized spacial score (nSPS) is 22.0. The highest BCUT2D eigenvalue weighted by Gasteiger charge is 2.39. The number of nitrogens with one attached hydrogen (secondary N) is 7. The number of benzene rings is 1. The van der Waals surface area contributed by atoms with E-state index in [1.54, 1.807) is 13.1 Å². The molecule has 1 fully saturated rings. The number of ketones is 1. The summed E-state index contributed by atoms with van der Waals surface area (Å²) < 4.78 is 0. The molecule has 1 aliphatic carbocycles. The lowest BCUT2D eigenvalue weighted by atomic mass is 9.83. The van der Waals surface area contributed by atoms with Crippen molar-refractivity contribution >= 4 is 109 Å². The fraction of sp³-hybridized carbons (Fsp3) is 0.431.